The average Bonchev–Trinajstić information content (AvgIpc) is 3.21. The van der Waals surface area contributed by atoms with Crippen LogP contribution >= 0.6 is 27.3 Å². The number of hydrogen-bond acceptors (Lipinski definition) is 5. The summed E-state index contributed by atoms with van der Waals surface area (Å²) >= 11 is 4.75. The van der Waals surface area contributed by atoms with Crippen molar-refractivity contribution in [2.75, 3.05) is 11.9 Å². The highest BCUT2D eigenvalue weighted by Crippen LogP contribution is 2.27. The fourth-order valence-electron chi connectivity index (χ4n) is 3.07. The second-order valence-electron chi connectivity index (χ2n) is 6.57. The van der Waals surface area contributed by atoms with Gasteiger partial charge in [-0.3, -0.25) is 14.9 Å². The number of fused-ring (bicyclic) bond motifs is 1. The molecule has 0 aliphatic carbocycles. The predicted molar refractivity (Wildman–Crippen MR) is 122 cm³/mol. The molecular formula is C23H17BrN2O3S. The van der Waals surface area contributed by atoms with E-state index in [-0.39, 0.29) is 13.0 Å². The Morgan fingerprint density at radius 2 is 1.83 bits per heavy atom. The third kappa shape index (κ3) is 4.93. The lowest BCUT2D eigenvalue weighted by Crippen LogP contribution is -2.21. The highest BCUT2D eigenvalue weighted by atomic mass is 79.9. The molecule has 4 rings (SSSR count). The van der Waals surface area contributed by atoms with E-state index >= 15 is 0 Å². The molecule has 1 amide bonds. The summed E-state index contributed by atoms with van der Waals surface area (Å²) in [7, 11) is 0. The van der Waals surface area contributed by atoms with Gasteiger partial charge in [0.25, 0.3) is 5.91 Å². The molecule has 0 fully saturated rings. The van der Waals surface area contributed by atoms with Crippen molar-refractivity contribution in [3.8, 4) is 11.3 Å². The molecular weight excluding hydrogens is 464 g/mol. The summed E-state index contributed by atoms with van der Waals surface area (Å²) < 4.78 is 6.11. The van der Waals surface area contributed by atoms with Gasteiger partial charge in [-0.1, -0.05) is 70.5 Å². The maximum Gasteiger partial charge on any atom is 0.310 e. The number of thiazole rings is 1. The number of nitrogens with one attached hydrogen (secondary N) is 1. The Hall–Kier alpha value is -3.03. The Balaban J connectivity index is 1.32. The van der Waals surface area contributed by atoms with Crippen LogP contribution in [0.3, 0.4) is 0 Å². The predicted octanol–water partition coefficient (Wildman–Crippen LogP) is 5.45. The van der Waals surface area contributed by atoms with Gasteiger partial charge in [0.1, 0.15) is 0 Å². The molecule has 0 radical (unpaired) electrons. The molecule has 7 heteroatoms. The van der Waals surface area contributed by atoms with Crippen LogP contribution in [0.25, 0.3) is 22.0 Å². The molecule has 0 saturated heterocycles. The molecule has 1 aromatic heterocycles. The van der Waals surface area contributed by atoms with E-state index in [1.165, 1.54) is 11.3 Å². The van der Waals surface area contributed by atoms with E-state index in [9.17, 15) is 9.59 Å². The molecule has 0 saturated carbocycles. The van der Waals surface area contributed by atoms with Crippen LogP contribution in [-0.2, 0) is 20.7 Å². The van der Waals surface area contributed by atoms with E-state index in [0.29, 0.717) is 5.13 Å². The number of anilines is 1. The number of amides is 1. The maximum atomic E-state index is 12.2. The second-order valence-corrected chi connectivity index (χ2v) is 8.35. The molecule has 0 aliphatic heterocycles. The number of benzene rings is 3. The highest BCUT2D eigenvalue weighted by Gasteiger charge is 2.12. The average molecular weight is 481 g/mol. The number of carbonyl (C=O) groups excluding carboxylic acids is 2. The number of ether oxygens (including phenoxy) is 1. The zero-order valence-electron chi connectivity index (χ0n) is 15.8. The van der Waals surface area contributed by atoms with Crippen molar-refractivity contribution < 1.29 is 14.3 Å². The zero-order chi connectivity index (χ0) is 20.9. The Kier molecular flexibility index (Phi) is 6.21. The summed E-state index contributed by atoms with van der Waals surface area (Å²) in [6.45, 7) is -0.352. The SMILES string of the molecule is O=C(COC(=O)Cc1cccc2ccccc12)Nc1nc(-c2cccc(Br)c2)cs1. The van der Waals surface area contributed by atoms with Gasteiger partial charge >= 0.3 is 5.97 Å². The summed E-state index contributed by atoms with van der Waals surface area (Å²) in [5, 5.41) is 7.06. The van der Waals surface area contributed by atoms with Gasteiger partial charge < -0.3 is 4.74 Å². The number of aromatic nitrogens is 1. The standard InChI is InChI=1S/C23H17BrN2O3S/c24-18-9-4-8-17(11-18)20-14-30-23(25-20)26-21(27)13-29-22(28)12-16-7-3-6-15-5-1-2-10-19(15)16/h1-11,14H,12-13H2,(H,25,26,27). The van der Waals surface area contributed by atoms with Crippen molar-refractivity contribution >= 4 is 55.0 Å². The van der Waals surface area contributed by atoms with E-state index < -0.39 is 11.9 Å². The normalized spacial score (nSPS) is 10.7. The number of halogens is 1. The molecule has 30 heavy (non-hydrogen) atoms. The summed E-state index contributed by atoms with van der Waals surface area (Å²) in [5.74, 6) is -0.869. The van der Waals surface area contributed by atoms with Crippen molar-refractivity contribution in [1.29, 1.82) is 0 Å². The van der Waals surface area contributed by atoms with Crippen molar-refractivity contribution in [2.24, 2.45) is 0 Å². The van der Waals surface area contributed by atoms with Crippen molar-refractivity contribution in [3.63, 3.8) is 0 Å². The second kappa shape index (κ2) is 9.19. The van der Waals surface area contributed by atoms with Crippen LogP contribution in [0.15, 0.2) is 76.6 Å². The van der Waals surface area contributed by atoms with Crippen LogP contribution < -0.4 is 5.32 Å². The molecule has 0 spiro atoms. The molecule has 5 nitrogen and oxygen atoms in total. The fraction of sp³-hybridized carbons (Fsp3) is 0.0870. The van der Waals surface area contributed by atoms with Gasteiger partial charge in [-0.05, 0) is 28.5 Å². The molecule has 1 N–H and O–H groups in total. The molecule has 0 unspecified atom stereocenters. The number of hydrogen-bond donors (Lipinski definition) is 1. The number of nitrogens with zero attached hydrogens (tertiary/aromatic N) is 1. The van der Waals surface area contributed by atoms with Gasteiger partial charge in [-0.2, -0.15) is 0 Å². The molecule has 4 aromatic rings. The first-order chi connectivity index (χ1) is 14.6. The van der Waals surface area contributed by atoms with Crippen molar-refractivity contribution in [1.82, 2.24) is 4.98 Å². The fourth-order valence-corrected chi connectivity index (χ4v) is 4.20. The number of esters is 1. The summed E-state index contributed by atoms with van der Waals surface area (Å²) in [5.41, 5.74) is 2.59. The van der Waals surface area contributed by atoms with Gasteiger partial charge in [0, 0.05) is 15.4 Å². The van der Waals surface area contributed by atoms with E-state index in [4.69, 9.17) is 4.74 Å². The third-order valence-corrected chi connectivity index (χ3v) is 5.70. The van der Waals surface area contributed by atoms with E-state index in [2.05, 4.69) is 26.2 Å². The maximum absolute atomic E-state index is 12.2. The van der Waals surface area contributed by atoms with Crippen molar-refractivity contribution in [3.05, 3.63) is 82.1 Å². The molecule has 1 heterocycles. The Labute approximate surface area is 185 Å². The zero-order valence-corrected chi connectivity index (χ0v) is 18.2. The van der Waals surface area contributed by atoms with Gasteiger partial charge in [0.15, 0.2) is 11.7 Å². The first kappa shape index (κ1) is 20.3. The van der Waals surface area contributed by atoms with Crippen LogP contribution in [0.1, 0.15) is 5.56 Å². The quantitative estimate of drug-likeness (QED) is 0.372. The topological polar surface area (TPSA) is 68.3 Å². The minimum Gasteiger partial charge on any atom is -0.455 e. The summed E-state index contributed by atoms with van der Waals surface area (Å²) in [6.07, 6.45) is 0.110. The highest BCUT2D eigenvalue weighted by molar-refractivity contribution is 9.10. The number of carbonyl (C=O) groups is 2. The first-order valence-electron chi connectivity index (χ1n) is 9.22. The Morgan fingerprint density at radius 1 is 1.03 bits per heavy atom. The van der Waals surface area contributed by atoms with Crippen LogP contribution in [-0.4, -0.2) is 23.5 Å². The molecule has 0 aliphatic rings. The Bertz CT molecular complexity index is 1220. The molecule has 150 valence electrons. The molecule has 0 bridgehead atoms. The van der Waals surface area contributed by atoms with Gasteiger partial charge in [0.2, 0.25) is 0 Å². The summed E-state index contributed by atoms with van der Waals surface area (Å²) in [6, 6.07) is 21.4. The first-order valence-corrected chi connectivity index (χ1v) is 10.9. The van der Waals surface area contributed by atoms with Crippen LogP contribution in [0.5, 0.6) is 0 Å². The third-order valence-electron chi connectivity index (χ3n) is 4.45. The smallest absolute Gasteiger partial charge is 0.310 e. The van der Waals surface area contributed by atoms with E-state index in [1.54, 1.807) is 0 Å². The summed E-state index contributed by atoms with van der Waals surface area (Å²) in [4.78, 5) is 28.8. The Morgan fingerprint density at radius 3 is 2.70 bits per heavy atom. The monoisotopic (exact) mass is 480 g/mol. The molecule has 3 aromatic carbocycles. The van der Waals surface area contributed by atoms with Crippen LogP contribution in [0.4, 0.5) is 5.13 Å². The van der Waals surface area contributed by atoms with Crippen LogP contribution in [0.2, 0.25) is 0 Å². The minimum absolute atomic E-state index is 0.110. The lowest BCUT2D eigenvalue weighted by molar-refractivity contribution is -0.146. The van der Waals surface area contributed by atoms with Crippen LogP contribution in [0, 0.1) is 0 Å². The van der Waals surface area contributed by atoms with Gasteiger partial charge in [-0.15, -0.1) is 11.3 Å². The van der Waals surface area contributed by atoms with Crippen molar-refractivity contribution in [2.45, 2.75) is 6.42 Å². The minimum atomic E-state index is -0.449. The lowest BCUT2D eigenvalue weighted by Gasteiger charge is -2.07. The van der Waals surface area contributed by atoms with Gasteiger partial charge in [-0.25, -0.2) is 4.98 Å². The molecule has 0 atom stereocenters. The van der Waals surface area contributed by atoms with E-state index in [1.807, 2.05) is 72.1 Å². The van der Waals surface area contributed by atoms with Gasteiger partial charge in [0.05, 0.1) is 12.1 Å². The lowest BCUT2D eigenvalue weighted by atomic mass is 10.0. The number of rotatable bonds is 6. The largest absolute Gasteiger partial charge is 0.455 e. The van der Waals surface area contributed by atoms with E-state index in [0.717, 1.165) is 32.1 Å².